The average Bonchev–Trinajstić information content (AvgIpc) is 2.78. The lowest BCUT2D eigenvalue weighted by Gasteiger charge is -2.09. The molecule has 4 nitrogen and oxygen atoms in total. The Morgan fingerprint density at radius 2 is 1.76 bits per heavy atom. The zero-order valence-electron chi connectivity index (χ0n) is 11.5. The topological polar surface area (TPSA) is 74.2 Å². The van der Waals surface area contributed by atoms with Crippen LogP contribution in [0.15, 0.2) is 48.5 Å². The van der Waals surface area contributed by atoms with E-state index in [0.29, 0.717) is 16.6 Å². The van der Waals surface area contributed by atoms with Crippen LogP contribution in [0.5, 0.6) is 11.5 Å². The van der Waals surface area contributed by atoms with Gasteiger partial charge in [0.15, 0.2) is 5.13 Å². The van der Waals surface area contributed by atoms with Gasteiger partial charge in [0.2, 0.25) is 0 Å². The van der Waals surface area contributed by atoms with Gasteiger partial charge in [-0.1, -0.05) is 29.5 Å². The maximum Gasteiger partial charge on any atom is 0.180 e. The Hall–Kier alpha value is -2.53. The van der Waals surface area contributed by atoms with Crippen LogP contribution in [-0.2, 0) is 0 Å². The van der Waals surface area contributed by atoms with Gasteiger partial charge in [0.05, 0.1) is 10.6 Å². The number of rotatable bonds is 3. The van der Waals surface area contributed by atoms with Crippen LogP contribution in [0.25, 0.3) is 10.4 Å². The van der Waals surface area contributed by atoms with Crippen LogP contribution in [0.4, 0.5) is 10.8 Å². The van der Waals surface area contributed by atoms with Gasteiger partial charge in [-0.25, -0.2) is 4.98 Å². The second-order valence-electron chi connectivity index (χ2n) is 4.67. The second kappa shape index (κ2) is 5.46. The van der Waals surface area contributed by atoms with Crippen molar-refractivity contribution in [3.8, 4) is 21.9 Å². The van der Waals surface area contributed by atoms with Gasteiger partial charge in [-0.3, -0.25) is 0 Å². The van der Waals surface area contributed by atoms with E-state index in [-0.39, 0.29) is 0 Å². The molecule has 0 aliphatic heterocycles. The molecule has 0 fully saturated rings. The normalized spacial score (nSPS) is 10.5. The smallest absolute Gasteiger partial charge is 0.180 e. The fourth-order valence-corrected chi connectivity index (χ4v) is 2.94. The van der Waals surface area contributed by atoms with Gasteiger partial charge in [-0.15, -0.1) is 0 Å². The molecule has 0 spiro atoms. The molecule has 3 aromatic rings. The van der Waals surface area contributed by atoms with Gasteiger partial charge < -0.3 is 16.2 Å². The van der Waals surface area contributed by atoms with Gasteiger partial charge in [0.25, 0.3) is 0 Å². The summed E-state index contributed by atoms with van der Waals surface area (Å²) in [4.78, 5) is 5.26. The highest BCUT2D eigenvalue weighted by Crippen LogP contribution is 2.35. The van der Waals surface area contributed by atoms with Crippen molar-refractivity contribution < 1.29 is 4.74 Å². The van der Waals surface area contributed by atoms with Crippen molar-refractivity contribution in [1.29, 1.82) is 0 Å². The van der Waals surface area contributed by atoms with Crippen molar-refractivity contribution in [3.05, 3.63) is 54.2 Å². The second-order valence-corrected chi connectivity index (χ2v) is 5.70. The van der Waals surface area contributed by atoms with Gasteiger partial charge in [-0.05, 0) is 36.8 Å². The highest BCUT2D eigenvalue weighted by Gasteiger charge is 2.10. The van der Waals surface area contributed by atoms with Gasteiger partial charge in [0, 0.05) is 11.8 Å². The minimum Gasteiger partial charge on any atom is -0.457 e. The molecule has 1 heterocycles. The van der Waals surface area contributed by atoms with Crippen molar-refractivity contribution >= 4 is 22.2 Å². The van der Waals surface area contributed by atoms with Crippen LogP contribution < -0.4 is 16.2 Å². The Morgan fingerprint density at radius 3 is 2.43 bits per heavy atom. The zero-order valence-corrected chi connectivity index (χ0v) is 12.4. The summed E-state index contributed by atoms with van der Waals surface area (Å²) >= 11 is 1.45. The number of para-hydroxylation sites is 1. The lowest BCUT2D eigenvalue weighted by atomic mass is 10.1. The largest absolute Gasteiger partial charge is 0.457 e. The maximum atomic E-state index is 5.98. The number of hydrogen-bond donors (Lipinski definition) is 2. The third kappa shape index (κ3) is 2.98. The molecule has 0 unspecified atom stereocenters. The van der Waals surface area contributed by atoms with Crippen molar-refractivity contribution in [2.75, 3.05) is 11.5 Å². The van der Waals surface area contributed by atoms with E-state index >= 15 is 0 Å². The summed E-state index contributed by atoms with van der Waals surface area (Å²) in [7, 11) is 0. The molecule has 3 rings (SSSR count). The van der Waals surface area contributed by atoms with E-state index in [1.165, 1.54) is 11.3 Å². The van der Waals surface area contributed by atoms with Crippen molar-refractivity contribution in [2.24, 2.45) is 0 Å². The van der Waals surface area contributed by atoms with Gasteiger partial charge in [-0.2, -0.15) is 0 Å². The molecule has 0 amide bonds. The van der Waals surface area contributed by atoms with Crippen LogP contribution in [-0.4, -0.2) is 4.98 Å². The summed E-state index contributed by atoms with van der Waals surface area (Å²) in [5.41, 5.74) is 14.2. The van der Waals surface area contributed by atoms with Gasteiger partial charge >= 0.3 is 0 Å². The first-order chi connectivity index (χ1) is 10.1. The summed E-state index contributed by atoms with van der Waals surface area (Å²) in [5, 5.41) is 0.551. The summed E-state index contributed by atoms with van der Waals surface area (Å²) in [5.74, 6) is 1.47. The zero-order chi connectivity index (χ0) is 14.8. The van der Waals surface area contributed by atoms with Crippen LogP contribution in [0.3, 0.4) is 0 Å². The molecule has 0 saturated heterocycles. The fourth-order valence-electron chi connectivity index (χ4n) is 2.12. The lowest BCUT2D eigenvalue weighted by molar-refractivity contribution is 0.483. The molecule has 5 heteroatoms. The molecule has 1 aromatic heterocycles. The van der Waals surface area contributed by atoms with Crippen molar-refractivity contribution in [1.82, 2.24) is 4.98 Å². The van der Waals surface area contributed by atoms with E-state index in [2.05, 4.69) is 4.98 Å². The number of ether oxygens (including phenoxy) is 1. The molecule has 0 saturated carbocycles. The summed E-state index contributed by atoms with van der Waals surface area (Å²) in [6.45, 7) is 1.93. The molecule has 0 radical (unpaired) electrons. The molecule has 0 aliphatic rings. The van der Waals surface area contributed by atoms with E-state index in [9.17, 15) is 0 Å². The number of nitrogens with zero attached hydrogens (tertiary/aromatic N) is 1. The first kappa shape index (κ1) is 13.5. The molecular weight excluding hydrogens is 282 g/mol. The Balaban J connectivity index is 1.98. The van der Waals surface area contributed by atoms with Crippen molar-refractivity contribution in [3.63, 3.8) is 0 Å². The average molecular weight is 297 g/mol. The SMILES string of the molecule is Cc1nc(N)sc1-c1cc(N)cc(Oc2ccccc2)c1. The highest BCUT2D eigenvalue weighted by atomic mass is 32.1. The number of aromatic nitrogens is 1. The Bertz CT molecular complexity index is 768. The monoisotopic (exact) mass is 297 g/mol. The quantitative estimate of drug-likeness (QED) is 0.714. The molecule has 21 heavy (non-hydrogen) atoms. The first-order valence-electron chi connectivity index (χ1n) is 6.48. The predicted molar refractivity (Wildman–Crippen MR) is 87.6 cm³/mol. The lowest BCUT2D eigenvalue weighted by Crippen LogP contribution is -1.90. The number of benzene rings is 2. The number of hydrogen-bond acceptors (Lipinski definition) is 5. The minimum absolute atomic E-state index is 0.551. The van der Waals surface area contributed by atoms with E-state index in [0.717, 1.165) is 21.9 Å². The Kier molecular flexibility index (Phi) is 3.50. The molecule has 0 aliphatic carbocycles. The fraction of sp³-hybridized carbons (Fsp3) is 0.0625. The summed E-state index contributed by atoms with van der Waals surface area (Å²) < 4.78 is 5.84. The van der Waals surface area contributed by atoms with Gasteiger partial charge in [0.1, 0.15) is 11.5 Å². The third-order valence-corrected chi connectivity index (χ3v) is 4.02. The molecule has 4 N–H and O–H groups in total. The van der Waals surface area contributed by atoms with E-state index < -0.39 is 0 Å². The van der Waals surface area contributed by atoms with Crippen LogP contribution in [0, 0.1) is 6.92 Å². The maximum absolute atomic E-state index is 5.98. The first-order valence-corrected chi connectivity index (χ1v) is 7.30. The van der Waals surface area contributed by atoms with Crippen LogP contribution in [0.2, 0.25) is 0 Å². The molecule has 0 atom stereocenters. The molecule has 0 bridgehead atoms. The summed E-state index contributed by atoms with van der Waals surface area (Å²) in [6, 6.07) is 15.3. The number of nitrogen functional groups attached to an aromatic ring is 2. The molecule has 2 aromatic carbocycles. The Morgan fingerprint density at radius 1 is 1.00 bits per heavy atom. The number of anilines is 2. The third-order valence-electron chi connectivity index (χ3n) is 2.98. The number of aryl methyl sites for hydroxylation is 1. The standard InChI is InChI=1S/C16H15N3OS/c1-10-15(21-16(18)19-10)11-7-12(17)9-14(8-11)20-13-5-3-2-4-6-13/h2-9H,17H2,1H3,(H2,18,19). The number of nitrogens with two attached hydrogens (primary N) is 2. The van der Waals surface area contributed by atoms with E-state index in [4.69, 9.17) is 16.2 Å². The van der Waals surface area contributed by atoms with Crippen molar-refractivity contribution in [2.45, 2.75) is 6.92 Å². The Labute approximate surface area is 127 Å². The predicted octanol–water partition coefficient (Wildman–Crippen LogP) is 4.08. The highest BCUT2D eigenvalue weighted by molar-refractivity contribution is 7.18. The van der Waals surface area contributed by atoms with E-state index in [1.54, 1.807) is 6.07 Å². The van der Waals surface area contributed by atoms with Crippen LogP contribution >= 0.6 is 11.3 Å². The molecule has 106 valence electrons. The summed E-state index contributed by atoms with van der Waals surface area (Å²) in [6.07, 6.45) is 0. The van der Waals surface area contributed by atoms with Crippen LogP contribution in [0.1, 0.15) is 5.69 Å². The number of thiazole rings is 1. The minimum atomic E-state index is 0.551. The molecular formula is C16H15N3OS. The van der Waals surface area contributed by atoms with E-state index in [1.807, 2.05) is 49.4 Å².